The van der Waals surface area contributed by atoms with E-state index in [2.05, 4.69) is 23.3 Å². The van der Waals surface area contributed by atoms with Gasteiger partial charge in [0.05, 0.1) is 19.4 Å². The summed E-state index contributed by atoms with van der Waals surface area (Å²) in [4.78, 5) is 2.23. The van der Waals surface area contributed by atoms with Crippen molar-refractivity contribution in [3.8, 4) is 11.5 Å². The van der Waals surface area contributed by atoms with Crippen LogP contribution in [-0.2, 0) is 6.42 Å². The minimum Gasteiger partial charge on any atom is -0.494 e. The molecular weight excluding hydrogens is 321 g/mol. The van der Waals surface area contributed by atoms with E-state index in [0.717, 1.165) is 30.8 Å². The maximum absolute atomic E-state index is 14.0. The number of methoxy groups -OCH3 is 1. The summed E-state index contributed by atoms with van der Waals surface area (Å²) in [6.07, 6.45) is 2.13. The summed E-state index contributed by atoms with van der Waals surface area (Å²) in [6, 6.07) is 7.17. The van der Waals surface area contributed by atoms with E-state index in [1.807, 2.05) is 13.0 Å². The maximum Gasteiger partial charge on any atom is 0.151 e. The number of hydrogen-bond donors (Lipinski definition) is 2. The van der Waals surface area contributed by atoms with Crippen LogP contribution in [0.4, 0.5) is 27.1 Å². The highest BCUT2D eigenvalue weighted by molar-refractivity contribution is 5.75. The second-order valence-electron chi connectivity index (χ2n) is 6.13. The molecule has 0 fully saturated rings. The van der Waals surface area contributed by atoms with Crippen molar-refractivity contribution in [1.82, 2.24) is 0 Å². The van der Waals surface area contributed by atoms with Gasteiger partial charge in [0, 0.05) is 37.1 Å². The van der Waals surface area contributed by atoms with Gasteiger partial charge >= 0.3 is 0 Å². The number of benzene rings is 2. The van der Waals surface area contributed by atoms with Crippen LogP contribution in [0.15, 0.2) is 24.3 Å². The second kappa shape index (κ2) is 7.09. The number of nitrogen functional groups attached to an aromatic ring is 1. The fourth-order valence-corrected chi connectivity index (χ4v) is 3.16. The molecule has 2 aromatic carbocycles. The average Bonchev–Trinajstić information content (AvgIpc) is 2.59. The number of nitrogens with zero attached hydrogens (tertiary/aromatic N) is 1. The van der Waals surface area contributed by atoms with Crippen LogP contribution in [0.1, 0.15) is 18.9 Å². The Morgan fingerprint density at radius 1 is 1.24 bits per heavy atom. The Kier molecular flexibility index (Phi) is 4.88. The average molecular weight is 345 g/mol. The largest absolute Gasteiger partial charge is 0.494 e. The van der Waals surface area contributed by atoms with E-state index >= 15 is 0 Å². The third-order valence-electron chi connectivity index (χ3n) is 4.42. The molecule has 0 saturated carbocycles. The van der Waals surface area contributed by atoms with Gasteiger partial charge in [-0.15, -0.1) is 0 Å². The first-order valence-corrected chi connectivity index (χ1v) is 8.44. The molecule has 0 unspecified atom stereocenters. The summed E-state index contributed by atoms with van der Waals surface area (Å²) in [5.41, 5.74) is 9.49. The molecule has 3 N–H and O–H groups in total. The molecule has 1 aliphatic heterocycles. The van der Waals surface area contributed by atoms with Gasteiger partial charge in [0.25, 0.3) is 0 Å². The SMILES string of the molecule is CCOc1cc2c(cc1Nc1cc(F)c(N)c(OC)c1)CCCN2C. The van der Waals surface area contributed by atoms with Gasteiger partial charge in [0.15, 0.2) is 5.82 Å². The van der Waals surface area contributed by atoms with E-state index in [0.29, 0.717) is 18.0 Å². The number of ether oxygens (including phenoxy) is 2. The predicted molar refractivity (Wildman–Crippen MR) is 99.8 cm³/mol. The predicted octanol–water partition coefficient (Wildman–Crippen LogP) is 3.94. The van der Waals surface area contributed by atoms with Crippen LogP contribution in [0.5, 0.6) is 11.5 Å². The highest BCUT2D eigenvalue weighted by Crippen LogP contribution is 2.39. The van der Waals surface area contributed by atoms with Gasteiger partial charge in [-0.05, 0) is 37.5 Å². The quantitative estimate of drug-likeness (QED) is 0.804. The minimum atomic E-state index is -0.516. The molecule has 5 nitrogen and oxygen atoms in total. The summed E-state index contributed by atoms with van der Waals surface area (Å²) < 4.78 is 25.0. The van der Waals surface area contributed by atoms with Crippen LogP contribution in [0.25, 0.3) is 0 Å². The number of anilines is 4. The molecule has 0 atom stereocenters. The Morgan fingerprint density at radius 2 is 2.04 bits per heavy atom. The molecule has 134 valence electrons. The molecule has 0 saturated heterocycles. The van der Waals surface area contributed by atoms with Crippen molar-refractivity contribution >= 4 is 22.7 Å². The summed E-state index contributed by atoms with van der Waals surface area (Å²) in [7, 11) is 3.55. The van der Waals surface area contributed by atoms with Crippen LogP contribution in [0.3, 0.4) is 0 Å². The molecule has 25 heavy (non-hydrogen) atoms. The van der Waals surface area contributed by atoms with Gasteiger partial charge in [-0.2, -0.15) is 0 Å². The van der Waals surface area contributed by atoms with Gasteiger partial charge in [-0.25, -0.2) is 4.39 Å². The monoisotopic (exact) mass is 345 g/mol. The van der Waals surface area contributed by atoms with Gasteiger partial charge in [-0.1, -0.05) is 0 Å². The van der Waals surface area contributed by atoms with Crippen molar-refractivity contribution in [2.45, 2.75) is 19.8 Å². The van der Waals surface area contributed by atoms with E-state index in [9.17, 15) is 4.39 Å². The zero-order valence-corrected chi connectivity index (χ0v) is 14.9. The van der Waals surface area contributed by atoms with Gasteiger partial charge < -0.3 is 25.4 Å². The van der Waals surface area contributed by atoms with E-state index in [-0.39, 0.29) is 5.69 Å². The van der Waals surface area contributed by atoms with Gasteiger partial charge in [-0.3, -0.25) is 0 Å². The van der Waals surface area contributed by atoms with Crippen molar-refractivity contribution in [2.75, 3.05) is 43.3 Å². The van der Waals surface area contributed by atoms with Gasteiger partial charge in [0.1, 0.15) is 17.2 Å². The third-order valence-corrected chi connectivity index (χ3v) is 4.42. The lowest BCUT2D eigenvalue weighted by molar-refractivity contribution is 0.342. The van der Waals surface area contributed by atoms with E-state index in [4.69, 9.17) is 15.2 Å². The van der Waals surface area contributed by atoms with Crippen molar-refractivity contribution < 1.29 is 13.9 Å². The molecule has 2 aromatic rings. The number of fused-ring (bicyclic) bond motifs is 1. The van der Waals surface area contributed by atoms with E-state index in [1.165, 1.54) is 24.4 Å². The molecule has 0 radical (unpaired) electrons. The zero-order chi connectivity index (χ0) is 18.0. The second-order valence-corrected chi connectivity index (χ2v) is 6.13. The lowest BCUT2D eigenvalue weighted by Crippen LogP contribution is -2.24. The molecule has 0 aliphatic carbocycles. The van der Waals surface area contributed by atoms with E-state index in [1.54, 1.807) is 6.07 Å². The Balaban J connectivity index is 2.00. The van der Waals surface area contributed by atoms with Crippen LogP contribution in [-0.4, -0.2) is 27.3 Å². The lowest BCUT2D eigenvalue weighted by Gasteiger charge is -2.29. The molecule has 3 rings (SSSR count). The highest BCUT2D eigenvalue weighted by Gasteiger charge is 2.18. The van der Waals surface area contributed by atoms with Crippen molar-refractivity contribution in [2.24, 2.45) is 0 Å². The molecule has 6 heteroatoms. The van der Waals surface area contributed by atoms with Crippen LogP contribution >= 0.6 is 0 Å². The number of hydrogen-bond acceptors (Lipinski definition) is 5. The Bertz CT molecular complexity index is 780. The zero-order valence-electron chi connectivity index (χ0n) is 14.9. The highest BCUT2D eigenvalue weighted by atomic mass is 19.1. The lowest BCUT2D eigenvalue weighted by atomic mass is 10.0. The molecule has 1 aliphatic rings. The molecule has 1 heterocycles. The topological polar surface area (TPSA) is 59.8 Å². The summed E-state index contributed by atoms with van der Waals surface area (Å²) in [5, 5.41) is 3.25. The first-order chi connectivity index (χ1) is 12.0. The van der Waals surface area contributed by atoms with Crippen LogP contribution in [0, 0.1) is 5.82 Å². The number of aryl methyl sites for hydroxylation is 1. The number of nitrogens with one attached hydrogen (secondary N) is 1. The van der Waals surface area contributed by atoms with Crippen molar-refractivity contribution in [3.05, 3.63) is 35.6 Å². The fourth-order valence-electron chi connectivity index (χ4n) is 3.16. The number of halogens is 1. The molecule has 0 spiro atoms. The number of rotatable bonds is 5. The Labute approximate surface area is 147 Å². The Hall–Kier alpha value is -2.63. The van der Waals surface area contributed by atoms with E-state index < -0.39 is 5.82 Å². The minimum absolute atomic E-state index is 0.00477. The van der Waals surface area contributed by atoms with Crippen LogP contribution in [0.2, 0.25) is 0 Å². The Morgan fingerprint density at radius 3 is 2.76 bits per heavy atom. The summed E-state index contributed by atoms with van der Waals surface area (Å²) in [5.74, 6) is 0.529. The molecular formula is C19H24FN3O2. The molecule has 0 bridgehead atoms. The van der Waals surface area contributed by atoms with Crippen LogP contribution < -0.4 is 25.4 Å². The third kappa shape index (κ3) is 3.43. The first-order valence-electron chi connectivity index (χ1n) is 8.44. The fraction of sp³-hybridized carbons (Fsp3) is 0.368. The van der Waals surface area contributed by atoms with Gasteiger partial charge in [0.2, 0.25) is 0 Å². The summed E-state index contributed by atoms with van der Waals surface area (Å²) in [6.45, 7) is 3.53. The maximum atomic E-state index is 14.0. The van der Waals surface area contributed by atoms with Crippen molar-refractivity contribution in [3.63, 3.8) is 0 Å². The number of nitrogens with two attached hydrogens (primary N) is 1. The normalized spacial score (nSPS) is 13.4. The first kappa shape index (κ1) is 17.2. The molecule has 0 amide bonds. The van der Waals surface area contributed by atoms with Crippen molar-refractivity contribution in [1.29, 1.82) is 0 Å². The smallest absolute Gasteiger partial charge is 0.151 e. The summed E-state index contributed by atoms with van der Waals surface area (Å²) >= 11 is 0. The standard InChI is InChI=1S/C19H24FN3O2/c1-4-25-17-11-16-12(6-5-7-23(16)2)8-15(17)22-13-9-14(20)19(21)18(10-13)24-3/h8-11,22H,4-7,21H2,1-3H3. The molecule has 0 aromatic heterocycles.